The molecule has 8 heteroatoms. The van der Waals surface area contributed by atoms with Gasteiger partial charge in [-0.05, 0) is 30.8 Å². The van der Waals surface area contributed by atoms with E-state index in [0.717, 1.165) is 38.4 Å². The highest BCUT2D eigenvalue weighted by Gasteiger charge is 2.64. The normalized spacial score (nSPS) is 23.2. The lowest BCUT2D eigenvalue weighted by Crippen LogP contribution is -2.74. The largest absolute Gasteiger partial charge is 0.489 e. The van der Waals surface area contributed by atoms with E-state index in [9.17, 15) is 4.79 Å². The van der Waals surface area contributed by atoms with Crippen LogP contribution in [0.5, 0.6) is 5.75 Å². The Hall–Kier alpha value is -2.82. The molecule has 35 heavy (non-hydrogen) atoms. The number of rotatable bonds is 6. The number of nitrogens with one attached hydrogen (secondary N) is 1. The van der Waals surface area contributed by atoms with Crippen molar-refractivity contribution in [3.05, 3.63) is 52.8 Å². The number of benzene rings is 1. The maximum atomic E-state index is 13.1. The molecule has 1 amide bonds. The van der Waals surface area contributed by atoms with Crippen LogP contribution in [0.2, 0.25) is 5.02 Å². The summed E-state index contributed by atoms with van der Waals surface area (Å²) < 4.78 is 6.31. The summed E-state index contributed by atoms with van der Waals surface area (Å²) in [5, 5.41) is 12.7. The van der Waals surface area contributed by atoms with E-state index in [1.165, 1.54) is 0 Å². The fourth-order valence-electron chi connectivity index (χ4n) is 5.83. The van der Waals surface area contributed by atoms with Gasteiger partial charge in [0, 0.05) is 49.1 Å². The molecule has 7 nitrogen and oxygen atoms in total. The molecule has 0 atom stereocenters. The van der Waals surface area contributed by atoms with Gasteiger partial charge in [-0.3, -0.25) is 4.79 Å². The molecule has 1 aliphatic heterocycles. The zero-order valence-electron chi connectivity index (χ0n) is 21.1. The Morgan fingerprint density at radius 2 is 1.86 bits per heavy atom. The third-order valence-corrected chi connectivity index (χ3v) is 7.91. The molecule has 1 saturated carbocycles. The standard InChI is InChI=1S/C27H34ClN5O2/c1-6-32-11-13-33(14-12-32)19-8-10-22(30-17-19)23(34)31-24-26(2,3)25(27(24,4)5)35-20-9-7-18(16-29)21(28)15-20/h7-10,15,17,24-25H,6,11-14H2,1-5H3,(H,31,34). The van der Waals surface area contributed by atoms with Crippen LogP contribution in [-0.2, 0) is 0 Å². The summed E-state index contributed by atoms with van der Waals surface area (Å²) in [6, 6.07) is 10.8. The molecule has 0 bridgehead atoms. The lowest BCUT2D eigenvalue weighted by Gasteiger charge is -2.63. The molecule has 2 heterocycles. The van der Waals surface area contributed by atoms with Crippen molar-refractivity contribution in [2.24, 2.45) is 10.8 Å². The van der Waals surface area contributed by atoms with Gasteiger partial charge in [-0.2, -0.15) is 5.26 Å². The van der Waals surface area contributed by atoms with E-state index in [1.807, 2.05) is 12.1 Å². The number of carbonyl (C=O) groups is 1. The number of amides is 1. The Morgan fingerprint density at radius 3 is 2.40 bits per heavy atom. The molecule has 2 aliphatic rings. The highest BCUT2D eigenvalue weighted by atomic mass is 35.5. The fraction of sp³-hybridized carbons (Fsp3) is 0.519. The van der Waals surface area contributed by atoms with Crippen LogP contribution >= 0.6 is 11.6 Å². The van der Waals surface area contributed by atoms with E-state index >= 15 is 0 Å². The second-order valence-corrected chi connectivity index (χ2v) is 11.0. The summed E-state index contributed by atoms with van der Waals surface area (Å²) in [6.07, 6.45) is 1.65. The predicted octanol–water partition coefficient (Wildman–Crippen LogP) is 4.36. The Kier molecular flexibility index (Phi) is 6.99. The summed E-state index contributed by atoms with van der Waals surface area (Å²) in [5.41, 5.74) is 1.24. The first-order valence-electron chi connectivity index (χ1n) is 12.2. The minimum atomic E-state index is -0.321. The van der Waals surface area contributed by atoms with Crippen molar-refractivity contribution in [2.75, 3.05) is 37.6 Å². The SMILES string of the molecule is CCN1CCN(c2ccc(C(=O)NC3C(C)(C)C(Oc4ccc(C#N)c(Cl)c4)C3(C)C)nc2)CC1. The second-order valence-electron chi connectivity index (χ2n) is 10.6. The number of aromatic nitrogens is 1. The van der Waals surface area contributed by atoms with Crippen LogP contribution in [0.15, 0.2) is 36.5 Å². The molecular weight excluding hydrogens is 462 g/mol. The molecule has 186 valence electrons. The van der Waals surface area contributed by atoms with Gasteiger partial charge in [0.2, 0.25) is 0 Å². The van der Waals surface area contributed by atoms with E-state index < -0.39 is 0 Å². The molecule has 2 fully saturated rings. The summed E-state index contributed by atoms with van der Waals surface area (Å²) in [4.78, 5) is 22.3. The van der Waals surface area contributed by atoms with E-state index in [-0.39, 0.29) is 28.9 Å². The number of hydrogen-bond donors (Lipinski definition) is 1. The highest BCUT2D eigenvalue weighted by molar-refractivity contribution is 6.31. The van der Waals surface area contributed by atoms with Gasteiger partial charge in [-0.25, -0.2) is 4.98 Å². The number of carbonyl (C=O) groups excluding carboxylic acids is 1. The first kappa shape index (κ1) is 25.3. The first-order chi connectivity index (χ1) is 16.6. The molecule has 1 saturated heterocycles. The molecule has 1 aromatic heterocycles. The zero-order valence-corrected chi connectivity index (χ0v) is 21.9. The lowest BCUT2D eigenvalue weighted by molar-refractivity contribution is -0.164. The van der Waals surface area contributed by atoms with E-state index in [1.54, 1.807) is 24.4 Å². The number of halogens is 1. The molecule has 0 radical (unpaired) electrons. The van der Waals surface area contributed by atoms with Crippen LogP contribution in [-0.4, -0.2) is 60.7 Å². The number of pyridine rings is 1. The quantitative estimate of drug-likeness (QED) is 0.641. The maximum absolute atomic E-state index is 13.1. The molecule has 1 N–H and O–H groups in total. The minimum absolute atomic E-state index is 0.107. The predicted molar refractivity (Wildman–Crippen MR) is 138 cm³/mol. The third kappa shape index (κ3) is 4.82. The van der Waals surface area contributed by atoms with Gasteiger partial charge < -0.3 is 19.9 Å². The number of piperazine rings is 1. The number of hydrogen-bond acceptors (Lipinski definition) is 6. The van der Waals surface area contributed by atoms with Gasteiger partial charge in [0.15, 0.2) is 0 Å². The second kappa shape index (κ2) is 9.67. The number of nitrogens with zero attached hydrogens (tertiary/aromatic N) is 4. The Balaban J connectivity index is 1.40. The fourth-order valence-corrected chi connectivity index (χ4v) is 6.04. The average Bonchev–Trinajstić information content (AvgIpc) is 2.85. The van der Waals surface area contributed by atoms with Crippen LogP contribution < -0.4 is 15.0 Å². The van der Waals surface area contributed by atoms with Gasteiger partial charge >= 0.3 is 0 Å². The maximum Gasteiger partial charge on any atom is 0.270 e. The van der Waals surface area contributed by atoms with Crippen LogP contribution in [0.1, 0.15) is 50.7 Å². The van der Waals surface area contributed by atoms with E-state index in [4.69, 9.17) is 21.6 Å². The highest BCUT2D eigenvalue weighted by Crippen LogP contribution is 2.55. The lowest BCUT2D eigenvalue weighted by atomic mass is 9.49. The van der Waals surface area contributed by atoms with Crippen LogP contribution in [0.3, 0.4) is 0 Å². The van der Waals surface area contributed by atoms with Gasteiger partial charge in [0.1, 0.15) is 23.6 Å². The molecular formula is C27H34ClN5O2. The Bertz CT molecular complexity index is 1100. The van der Waals surface area contributed by atoms with Gasteiger partial charge in [-0.1, -0.05) is 46.2 Å². The molecule has 4 rings (SSSR count). The monoisotopic (exact) mass is 495 g/mol. The number of anilines is 1. The molecule has 1 aromatic carbocycles. The van der Waals surface area contributed by atoms with Crippen molar-refractivity contribution in [1.29, 1.82) is 5.26 Å². The summed E-state index contributed by atoms with van der Waals surface area (Å²) >= 11 is 6.18. The van der Waals surface area contributed by atoms with Crippen molar-refractivity contribution in [3.63, 3.8) is 0 Å². The molecule has 0 spiro atoms. The van der Waals surface area contributed by atoms with E-state index in [2.05, 4.69) is 60.8 Å². The van der Waals surface area contributed by atoms with Gasteiger partial charge in [0.25, 0.3) is 5.91 Å². The summed E-state index contributed by atoms with van der Waals surface area (Å²) in [6.45, 7) is 15.6. The summed E-state index contributed by atoms with van der Waals surface area (Å²) in [7, 11) is 0. The van der Waals surface area contributed by atoms with Gasteiger partial charge in [-0.15, -0.1) is 0 Å². The smallest absolute Gasteiger partial charge is 0.270 e. The Labute approximate surface area is 213 Å². The van der Waals surface area contributed by atoms with Crippen molar-refractivity contribution >= 4 is 23.2 Å². The van der Waals surface area contributed by atoms with Crippen molar-refractivity contribution in [2.45, 2.75) is 46.8 Å². The number of likely N-dealkylation sites (N-methyl/N-ethyl adjacent to an activating group) is 1. The molecule has 2 aromatic rings. The van der Waals surface area contributed by atoms with E-state index in [0.29, 0.717) is 22.0 Å². The third-order valence-electron chi connectivity index (χ3n) is 7.60. The average molecular weight is 496 g/mol. The summed E-state index contributed by atoms with van der Waals surface area (Å²) in [5.74, 6) is 0.431. The minimum Gasteiger partial charge on any atom is -0.489 e. The van der Waals surface area contributed by atoms with Crippen LogP contribution in [0, 0.1) is 22.2 Å². The van der Waals surface area contributed by atoms with Crippen LogP contribution in [0.4, 0.5) is 5.69 Å². The van der Waals surface area contributed by atoms with Crippen molar-refractivity contribution in [3.8, 4) is 11.8 Å². The number of nitriles is 1. The number of ether oxygens (including phenoxy) is 1. The topological polar surface area (TPSA) is 81.5 Å². The van der Waals surface area contributed by atoms with Crippen LogP contribution in [0.25, 0.3) is 0 Å². The van der Waals surface area contributed by atoms with Gasteiger partial charge in [0.05, 0.1) is 22.5 Å². The molecule has 1 aliphatic carbocycles. The van der Waals surface area contributed by atoms with Crippen molar-refractivity contribution < 1.29 is 9.53 Å². The molecule has 0 unspecified atom stereocenters. The Morgan fingerprint density at radius 1 is 1.17 bits per heavy atom. The van der Waals surface area contributed by atoms with Crippen molar-refractivity contribution in [1.82, 2.24) is 15.2 Å². The zero-order chi connectivity index (χ0) is 25.4. The first-order valence-corrected chi connectivity index (χ1v) is 12.6.